The lowest BCUT2D eigenvalue weighted by Crippen LogP contribution is -2.39. The van der Waals surface area contributed by atoms with Crippen molar-refractivity contribution in [3.05, 3.63) is 107 Å². The maximum Gasteiger partial charge on any atom is 0.251 e. The molecule has 3 aromatic carbocycles. The lowest BCUT2D eigenvalue weighted by Gasteiger charge is -2.20. The quantitative estimate of drug-likeness (QED) is 0.662. The third kappa shape index (κ3) is 5.30. The topological polar surface area (TPSA) is 58.2 Å². The molecule has 1 unspecified atom stereocenters. The highest BCUT2D eigenvalue weighted by molar-refractivity contribution is 5.97. The van der Waals surface area contributed by atoms with E-state index in [0.29, 0.717) is 12.0 Å². The van der Waals surface area contributed by atoms with Crippen LogP contribution in [0.3, 0.4) is 0 Å². The number of carbonyl (C=O) groups is 2. The van der Waals surface area contributed by atoms with Crippen LogP contribution < -0.4 is 10.6 Å². The summed E-state index contributed by atoms with van der Waals surface area (Å²) in [6.45, 7) is 1.81. The van der Waals surface area contributed by atoms with Crippen molar-refractivity contribution in [3.8, 4) is 0 Å². The minimum absolute atomic E-state index is 0.0642. The number of hydrogen-bond acceptors (Lipinski definition) is 2. The van der Waals surface area contributed by atoms with E-state index in [1.165, 1.54) is 0 Å². The molecule has 3 rings (SSSR count). The molecular weight excluding hydrogens is 348 g/mol. The van der Waals surface area contributed by atoms with E-state index in [4.69, 9.17) is 0 Å². The summed E-state index contributed by atoms with van der Waals surface area (Å²) in [5, 5.41) is 5.76. The Morgan fingerprint density at radius 2 is 1.43 bits per heavy atom. The van der Waals surface area contributed by atoms with E-state index in [-0.39, 0.29) is 24.4 Å². The summed E-state index contributed by atoms with van der Waals surface area (Å²) in [7, 11) is 0. The molecule has 2 amide bonds. The van der Waals surface area contributed by atoms with Crippen molar-refractivity contribution in [2.45, 2.75) is 19.4 Å². The van der Waals surface area contributed by atoms with Gasteiger partial charge >= 0.3 is 0 Å². The van der Waals surface area contributed by atoms with Gasteiger partial charge in [0, 0.05) is 5.56 Å². The van der Waals surface area contributed by atoms with Gasteiger partial charge in [0.25, 0.3) is 5.91 Å². The number of nitrogens with one attached hydrogen (secondary N) is 2. The first-order valence-electron chi connectivity index (χ1n) is 9.35. The molecule has 4 nitrogen and oxygen atoms in total. The van der Waals surface area contributed by atoms with Gasteiger partial charge in [-0.1, -0.05) is 78.9 Å². The first-order valence-corrected chi connectivity index (χ1v) is 9.35. The summed E-state index contributed by atoms with van der Waals surface area (Å²) in [6, 6.07) is 27.1. The third-order valence-corrected chi connectivity index (χ3v) is 4.62. The van der Waals surface area contributed by atoms with Gasteiger partial charge in [-0.15, -0.1) is 0 Å². The molecular formula is C24H24N2O2. The van der Waals surface area contributed by atoms with E-state index < -0.39 is 0 Å². The first-order chi connectivity index (χ1) is 13.6. The van der Waals surface area contributed by atoms with Gasteiger partial charge in [0.05, 0.1) is 12.6 Å². The Labute approximate surface area is 165 Å². The number of carbonyl (C=O) groups excluding carboxylic acids is 2. The Kier molecular flexibility index (Phi) is 6.58. The number of aryl methyl sites for hydroxylation is 1. The van der Waals surface area contributed by atoms with Crippen LogP contribution in [0.5, 0.6) is 0 Å². The maximum atomic E-state index is 12.5. The van der Waals surface area contributed by atoms with Crippen molar-refractivity contribution in [2.75, 3.05) is 6.54 Å². The highest BCUT2D eigenvalue weighted by Gasteiger charge is 2.16. The smallest absolute Gasteiger partial charge is 0.251 e. The van der Waals surface area contributed by atoms with E-state index in [1.807, 2.05) is 85.8 Å². The maximum absolute atomic E-state index is 12.5. The molecule has 4 heteroatoms. The van der Waals surface area contributed by atoms with Crippen molar-refractivity contribution < 1.29 is 9.59 Å². The molecule has 1 atom stereocenters. The fourth-order valence-corrected chi connectivity index (χ4v) is 3.12. The van der Waals surface area contributed by atoms with Crippen molar-refractivity contribution in [2.24, 2.45) is 0 Å². The van der Waals surface area contributed by atoms with E-state index in [9.17, 15) is 9.59 Å². The van der Waals surface area contributed by atoms with Gasteiger partial charge < -0.3 is 10.6 Å². The summed E-state index contributed by atoms with van der Waals surface area (Å²) < 4.78 is 0. The zero-order chi connectivity index (χ0) is 19.8. The SMILES string of the molecule is Cc1ccccc1C(=O)NCC(=O)NC(Cc1ccccc1)c1ccccc1. The van der Waals surface area contributed by atoms with Gasteiger partial charge in [0.15, 0.2) is 0 Å². The van der Waals surface area contributed by atoms with Crippen LogP contribution in [0.2, 0.25) is 0 Å². The molecule has 2 N–H and O–H groups in total. The molecule has 0 heterocycles. The standard InChI is InChI=1S/C24H24N2O2/c1-18-10-8-9-15-21(18)24(28)25-17-23(27)26-22(20-13-6-3-7-14-20)16-19-11-4-2-5-12-19/h2-15,22H,16-17H2,1H3,(H,25,28)(H,26,27). The summed E-state index contributed by atoms with van der Waals surface area (Å²) in [4.78, 5) is 24.8. The van der Waals surface area contributed by atoms with Gasteiger partial charge in [-0.3, -0.25) is 9.59 Å². The van der Waals surface area contributed by atoms with Crippen molar-refractivity contribution in [1.29, 1.82) is 0 Å². The number of amides is 2. The van der Waals surface area contributed by atoms with Gasteiger partial charge in [0.2, 0.25) is 5.91 Å². The molecule has 3 aromatic rings. The number of rotatable bonds is 7. The molecule has 0 aromatic heterocycles. The van der Waals surface area contributed by atoms with Crippen molar-refractivity contribution in [3.63, 3.8) is 0 Å². The van der Waals surface area contributed by atoms with Crippen LogP contribution in [0.1, 0.15) is 33.1 Å². The number of benzene rings is 3. The predicted octanol–water partition coefficient (Wildman–Crippen LogP) is 3.83. The van der Waals surface area contributed by atoms with E-state index in [1.54, 1.807) is 6.07 Å². The van der Waals surface area contributed by atoms with Crippen LogP contribution in [0.25, 0.3) is 0 Å². The average molecular weight is 372 g/mol. The zero-order valence-electron chi connectivity index (χ0n) is 15.9. The van der Waals surface area contributed by atoms with Gasteiger partial charge in [-0.2, -0.15) is 0 Å². The van der Waals surface area contributed by atoms with Crippen molar-refractivity contribution in [1.82, 2.24) is 10.6 Å². The summed E-state index contributed by atoms with van der Waals surface area (Å²) in [5.41, 5.74) is 3.64. The molecule has 0 fully saturated rings. The fourth-order valence-electron chi connectivity index (χ4n) is 3.12. The predicted molar refractivity (Wildman–Crippen MR) is 111 cm³/mol. The fraction of sp³-hybridized carbons (Fsp3) is 0.167. The Morgan fingerprint density at radius 1 is 0.821 bits per heavy atom. The highest BCUT2D eigenvalue weighted by Crippen LogP contribution is 2.18. The van der Waals surface area contributed by atoms with Crippen LogP contribution in [0.4, 0.5) is 0 Å². The third-order valence-electron chi connectivity index (χ3n) is 4.62. The summed E-state index contributed by atoms with van der Waals surface area (Å²) in [5.74, 6) is -0.459. The van der Waals surface area contributed by atoms with E-state index in [0.717, 1.165) is 16.7 Å². The lowest BCUT2D eigenvalue weighted by atomic mass is 9.99. The Morgan fingerprint density at radius 3 is 2.11 bits per heavy atom. The Balaban J connectivity index is 1.64. The van der Waals surface area contributed by atoms with E-state index >= 15 is 0 Å². The number of hydrogen-bond donors (Lipinski definition) is 2. The van der Waals surface area contributed by atoms with Gasteiger partial charge in [-0.05, 0) is 36.1 Å². The molecule has 0 saturated carbocycles. The molecule has 0 aliphatic carbocycles. The molecule has 0 aliphatic heterocycles. The van der Waals surface area contributed by atoms with E-state index in [2.05, 4.69) is 10.6 Å². The van der Waals surface area contributed by atoms with Gasteiger partial charge in [0.1, 0.15) is 0 Å². The van der Waals surface area contributed by atoms with Crippen LogP contribution in [0.15, 0.2) is 84.9 Å². The second-order valence-electron chi connectivity index (χ2n) is 6.72. The molecule has 142 valence electrons. The molecule has 0 bridgehead atoms. The molecule has 0 aliphatic rings. The first kappa shape index (κ1) is 19.4. The molecule has 28 heavy (non-hydrogen) atoms. The molecule has 0 spiro atoms. The van der Waals surface area contributed by atoms with Crippen molar-refractivity contribution >= 4 is 11.8 Å². The summed E-state index contributed by atoms with van der Waals surface area (Å²) >= 11 is 0. The molecule has 0 saturated heterocycles. The van der Waals surface area contributed by atoms with Crippen LogP contribution in [-0.4, -0.2) is 18.4 Å². The Hall–Kier alpha value is -3.40. The van der Waals surface area contributed by atoms with Crippen LogP contribution in [0, 0.1) is 6.92 Å². The second-order valence-corrected chi connectivity index (χ2v) is 6.72. The minimum atomic E-state index is -0.243. The van der Waals surface area contributed by atoms with Crippen LogP contribution in [-0.2, 0) is 11.2 Å². The Bertz CT molecular complexity index is 924. The minimum Gasteiger partial charge on any atom is -0.347 e. The van der Waals surface area contributed by atoms with Gasteiger partial charge in [-0.25, -0.2) is 0 Å². The molecule has 0 radical (unpaired) electrons. The summed E-state index contributed by atoms with van der Waals surface area (Å²) in [6.07, 6.45) is 0.683. The highest BCUT2D eigenvalue weighted by atomic mass is 16.2. The second kappa shape index (κ2) is 9.51. The van der Waals surface area contributed by atoms with Crippen LogP contribution >= 0.6 is 0 Å². The lowest BCUT2D eigenvalue weighted by molar-refractivity contribution is -0.120. The zero-order valence-corrected chi connectivity index (χ0v) is 15.9. The largest absolute Gasteiger partial charge is 0.347 e. The monoisotopic (exact) mass is 372 g/mol. The average Bonchev–Trinajstić information content (AvgIpc) is 2.73. The normalized spacial score (nSPS) is 11.5.